The second kappa shape index (κ2) is 10.4. The second-order valence-corrected chi connectivity index (χ2v) is 9.44. The zero-order valence-electron chi connectivity index (χ0n) is 19.5. The van der Waals surface area contributed by atoms with Gasteiger partial charge in [0.05, 0.1) is 18.6 Å². The molecule has 2 saturated heterocycles. The van der Waals surface area contributed by atoms with E-state index >= 15 is 0 Å². The summed E-state index contributed by atoms with van der Waals surface area (Å²) in [5.74, 6) is -2.30. The third kappa shape index (κ3) is 4.35. The molecule has 1 N–H and O–H groups in total. The third-order valence-corrected chi connectivity index (χ3v) is 7.27. The van der Waals surface area contributed by atoms with Crippen LogP contribution in [0.3, 0.4) is 0 Å². The Morgan fingerprint density at radius 3 is 2.73 bits per heavy atom. The maximum absolute atomic E-state index is 13.8. The van der Waals surface area contributed by atoms with E-state index in [9.17, 15) is 14.4 Å². The normalized spacial score (nSPS) is 34.7. The number of ether oxygens (including phenoxy) is 2. The maximum atomic E-state index is 13.8. The fraction of sp³-hybridized carbons (Fsp3) is 0.720. The molecule has 1 spiro atoms. The number of carbonyl (C=O) groups excluding carboxylic acids is 3. The minimum absolute atomic E-state index is 0.0987. The standard InChI is InChI=1S/C25H36N2O6/c1-2-3-13-26-14-10-12-25-20(19-18(33-25)11-6-4-9-17-32-24(19)31)22(29)27(21(25)23(26)30)15-7-5-8-16-28/h6,10-12,18-21,28H,2-5,7-9,13-17H2,1H3/b11-6-/t18-,19+,20+,21?,25+/m1/s1. The van der Waals surface area contributed by atoms with Crippen LogP contribution in [0.2, 0.25) is 0 Å². The second-order valence-electron chi connectivity index (χ2n) is 9.44. The number of aliphatic hydroxyl groups excluding tert-OH is 1. The number of rotatable bonds is 8. The number of hydrogen-bond acceptors (Lipinski definition) is 6. The van der Waals surface area contributed by atoms with E-state index in [2.05, 4.69) is 6.92 Å². The summed E-state index contributed by atoms with van der Waals surface area (Å²) in [7, 11) is 0. The van der Waals surface area contributed by atoms with Crippen molar-refractivity contribution in [1.29, 1.82) is 0 Å². The number of fused-ring (bicyclic) bond motifs is 2. The van der Waals surface area contributed by atoms with E-state index in [0.29, 0.717) is 39.1 Å². The van der Waals surface area contributed by atoms with Gasteiger partial charge in [-0.3, -0.25) is 14.4 Å². The van der Waals surface area contributed by atoms with Gasteiger partial charge in [0.1, 0.15) is 17.6 Å². The molecule has 2 fully saturated rings. The van der Waals surface area contributed by atoms with Crippen molar-refractivity contribution < 1.29 is 29.0 Å². The summed E-state index contributed by atoms with van der Waals surface area (Å²) in [6, 6.07) is -0.795. The molecule has 8 nitrogen and oxygen atoms in total. The van der Waals surface area contributed by atoms with Crippen LogP contribution in [-0.2, 0) is 23.9 Å². The van der Waals surface area contributed by atoms with Crippen LogP contribution in [0.4, 0.5) is 0 Å². The number of nitrogens with zero attached hydrogens (tertiary/aromatic N) is 2. The summed E-state index contributed by atoms with van der Waals surface area (Å²) in [6.07, 6.45) is 12.5. The Hall–Kier alpha value is -2.19. The van der Waals surface area contributed by atoms with Crippen LogP contribution in [0.1, 0.15) is 51.9 Å². The molecular formula is C25H36N2O6. The average molecular weight is 461 g/mol. The maximum Gasteiger partial charge on any atom is 0.312 e. The Balaban J connectivity index is 1.72. The summed E-state index contributed by atoms with van der Waals surface area (Å²) >= 11 is 0. The minimum atomic E-state index is -1.18. The van der Waals surface area contributed by atoms with Crippen molar-refractivity contribution in [3.05, 3.63) is 24.3 Å². The quantitative estimate of drug-likeness (QED) is 0.337. The van der Waals surface area contributed by atoms with Crippen molar-refractivity contribution in [3.63, 3.8) is 0 Å². The minimum Gasteiger partial charge on any atom is -0.465 e. The Labute approximate surface area is 195 Å². The first-order valence-corrected chi connectivity index (χ1v) is 12.4. The summed E-state index contributed by atoms with van der Waals surface area (Å²) in [5, 5.41) is 9.13. The van der Waals surface area contributed by atoms with Gasteiger partial charge in [0.25, 0.3) is 0 Å². The molecular weight excluding hydrogens is 424 g/mol. The Bertz CT molecular complexity index is 811. The topological polar surface area (TPSA) is 96.4 Å². The Morgan fingerprint density at radius 2 is 1.94 bits per heavy atom. The van der Waals surface area contributed by atoms with Crippen LogP contribution in [0, 0.1) is 11.8 Å². The molecule has 4 aliphatic rings. The SMILES string of the molecule is CCCCN1CC=C[C@]23O[C@@H]4/C=C\CCCOC(=O)[C@@H]4[C@H]2C(=O)N(CCCCCO)C3C1=O. The van der Waals surface area contributed by atoms with Gasteiger partial charge >= 0.3 is 5.97 Å². The highest BCUT2D eigenvalue weighted by Gasteiger charge is 2.71. The van der Waals surface area contributed by atoms with Crippen molar-refractivity contribution in [2.45, 2.75) is 69.6 Å². The van der Waals surface area contributed by atoms with Crippen molar-refractivity contribution in [3.8, 4) is 0 Å². The molecule has 0 aromatic carbocycles. The van der Waals surface area contributed by atoms with Gasteiger partial charge in [0.15, 0.2) is 0 Å². The highest BCUT2D eigenvalue weighted by atomic mass is 16.6. The molecule has 0 aromatic rings. The Morgan fingerprint density at radius 1 is 1.09 bits per heavy atom. The fourth-order valence-electron chi connectivity index (χ4n) is 5.66. The molecule has 0 aliphatic carbocycles. The summed E-state index contributed by atoms with van der Waals surface area (Å²) in [4.78, 5) is 44.2. The molecule has 182 valence electrons. The lowest BCUT2D eigenvalue weighted by molar-refractivity contribution is -0.154. The van der Waals surface area contributed by atoms with E-state index in [1.54, 1.807) is 9.80 Å². The smallest absolute Gasteiger partial charge is 0.312 e. The van der Waals surface area contributed by atoms with Gasteiger partial charge in [0.2, 0.25) is 11.8 Å². The lowest BCUT2D eigenvalue weighted by atomic mass is 9.78. The molecule has 0 radical (unpaired) electrons. The van der Waals surface area contributed by atoms with Gasteiger partial charge in [-0.25, -0.2) is 0 Å². The van der Waals surface area contributed by atoms with Gasteiger partial charge < -0.3 is 24.4 Å². The molecule has 5 atom stereocenters. The molecule has 0 bridgehead atoms. The lowest BCUT2D eigenvalue weighted by Gasteiger charge is -2.35. The van der Waals surface area contributed by atoms with E-state index in [0.717, 1.165) is 32.1 Å². The highest BCUT2D eigenvalue weighted by Crippen LogP contribution is 2.53. The van der Waals surface area contributed by atoms with Crippen LogP contribution in [-0.4, -0.2) is 83.3 Å². The number of allylic oxidation sites excluding steroid dienone is 1. The van der Waals surface area contributed by atoms with Crippen molar-refractivity contribution >= 4 is 17.8 Å². The average Bonchev–Trinajstić information content (AvgIpc) is 3.21. The number of cyclic esters (lactones) is 1. The highest BCUT2D eigenvalue weighted by molar-refractivity contribution is 5.99. The molecule has 4 heterocycles. The zero-order valence-corrected chi connectivity index (χ0v) is 19.5. The largest absolute Gasteiger partial charge is 0.465 e. The number of unbranched alkanes of at least 4 members (excludes halogenated alkanes) is 3. The van der Waals surface area contributed by atoms with E-state index in [1.807, 2.05) is 24.3 Å². The first-order chi connectivity index (χ1) is 16.0. The number of carbonyl (C=O) groups is 3. The fourth-order valence-corrected chi connectivity index (χ4v) is 5.66. The van der Waals surface area contributed by atoms with Crippen LogP contribution < -0.4 is 0 Å². The van der Waals surface area contributed by atoms with Gasteiger partial charge in [-0.2, -0.15) is 0 Å². The van der Waals surface area contributed by atoms with Crippen molar-refractivity contribution in [1.82, 2.24) is 9.80 Å². The van der Waals surface area contributed by atoms with Gasteiger partial charge in [-0.1, -0.05) is 37.6 Å². The van der Waals surface area contributed by atoms with Gasteiger partial charge in [-0.05, 0) is 38.5 Å². The van der Waals surface area contributed by atoms with Gasteiger partial charge in [-0.15, -0.1) is 0 Å². The number of likely N-dealkylation sites (tertiary alicyclic amines) is 1. The van der Waals surface area contributed by atoms with E-state index in [4.69, 9.17) is 14.6 Å². The van der Waals surface area contributed by atoms with Crippen LogP contribution in [0.5, 0.6) is 0 Å². The molecule has 0 saturated carbocycles. The predicted octanol–water partition coefficient (Wildman–Crippen LogP) is 1.82. The van der Waals surface area contributed by atoms with E-state index in [-0.39, 0.29) is 18.4 Å². The summed E-state index contributed by atoms with van der Waals surface area (Å²) in [6.45, 7) is 3.98. The van der Waals surface area contributed by atoms with E-state index < -0.39 is 35.6 Å². The summed E-state index contributed by atoms with van der Waals surface area (Å²) < 4.78 is 12.1. The molecule has 0 aromatic heterocycles. The third-order valence-electron chi connectivity index (χ3n) is 7.27. The molecule has 8 heteroatoms. The monoisotopic (exact) mass is 460 g/mol. The first kappa shape index (κ1) is 24.0. The number of aliphatic hydroxyl groups is 1. The lowest BCUT2D eigenvalue weighted by Crippen LogP contribution is -2.55. The van der Waals surface area contributed by atoms with Crippen LogP contribution in [0.25, 0.3) is 0 Å². The molecule has 33 heavy (non-hydrogen) atoms. The summed E-state index contributed by atoms with van der Waals surface area (Å²) in [5.41, 5.74) is -1.18. The number of esters is 1. The molecule has 4 rings (SSSR count). The van der Waals surface area contributed by atoms with Gasteiger partial charge in [0, 0.05) is 26.2 Å². The molecule has 1 unspecified atom stereocenters. The van der Waals surface area contributed by atoms with Crippen LogP contribution >= 0.6 is 0 Å². The Kier molecular flexibility index (Phi) is 7.54. The van der Waals surface area contributed by atoms with Crippen molar-refractivity contribution in [2.75, 3.05) is 32.8 Å². The van der Waals surface area contributed by atoms with E-state index in [1.165, 1.54) is 0 Å². The number of hydrogen-bond donors (Lipinski definition) is 1. The molecule has 2 amide bonds. The van der Waals surface area contributed by atoms with Crippen molar-refractivity contribution in [2.24, 2.45) is 11.8 Å². The first-order valence-electron chi connectivity index (χ1n) is 12.4. The number of amides is 2. The molecule has 4 aliphatic heterocycles. The van der Waals surface area contributed by atoms with Crippen LogP contribution in [0.15, 0.2) is 24.3 Å². The predicted molar refractivity (Wildman–Crippen MR) is 121 cm³/mol. The zero-order chi connectivity index (χ0) is 23.4.